The molecule has 0 aromatic carbocycles. The van der Waals surface area contributed by atoms with Crippen LogP contribution in [0.4, 0.5) is 8.78 Å². The molecule has 2 nitrogen and oxygen atoms in total. The first-order valence-electron chi connectivity index (χ1n) is 1.91. The van der Waals surface area contributed by atoms with Crippen LogP contribution in [0.2, 0.25) is 0 Å². The summed E-state index contributed by atoms with van der Waals surface area (Å²) in [6, 6.07) is 1.00. The highest BCUT2D eigenvalue weighted by Gasteiger charge is 2.08. The molecule has 0 spiro atoms. The maximum atomic E-state index is 11.5. The van der Waals surface area contributed by atoms with Gasteiger partial charge in [0.05, 0.1) is 0 Å². The van der Waals surface area contributed by atoms with Crippen LogP contribution in [0, 0.1) is 6.26 Å². The number of hydrogen-bond acceptors (Lipinski definition) is 2. The van der Waals surface area contributed by atoms with Crippen molar-refractivity contribution in [3.63, 3.8) is 0 Å². The molecule has 0 bridgehead atoms. The summed E-state index contributed by atoms with van der Waals surface area (Å²) >= 11 is 0. The highest BCUT2D eigenvalue weighted by atomic mass is 19.3. The monoisotopic (exact) mass is 118 g/mol. The van der Waals surface area contributed by atoms with Gasteiger partial charge in [-0.3, -0.25) is 0 Å². The summed E-state index contributed by atoms with van der Waals surface area (Å²) in [7, 11) is 0. The fourth-order valence-corrected chi connectivity index (χ4v) is 0.295. The van der Waals surface area contributed by atoms with Crippen LogP contribution in [0.3, 0.4) is 0 Å². The Morgan fingerprint density at radius 3 is 2.75 bits per heavy atom. The molecule has 43 valence electrons. The summed E-state index contributed by atoms with van der Waals surface area (Å²) < 4.78 is 26.9. The Morgan fingerprint density at radius 1 is 1.75 bits per heavy atom. The Labute approximate surface area is 44.1 Å². The maximum Gasteiger partial charge on any atom is 0.283 e. The Hall–Kier alpha value is -0.930. The van der Waals surface area contributed by atoms with E-state index in [1.807, 2.05) is 6.26 Å². The van der Waals surface area contributed by atoms with E-state index in [2.05, 4.69) is 9.68 Å². The standard InChI is InChI=1S/C4H2F2NO/c5-4(6)3-1-2-8-7-3/h1,4H. The van der Waals surface area contributed by atoms with E-state index >= 15 is 0 Å². The Balaban J connectivity index is 2.77. The van der Waals surface area contributed by atoms with Crippen molar-refractivity contribution >= 4 is 0 Å². The van der Waals surface area contributed by atoms with E-state index < -0.39 is 6.43 Å². The summed E-state index contributed by atoms with van der Waals surface area (Å²) in [6.45, 7) is 0. The molecule has 1 aromatic heterocycles. The molecule has 1 rings (SSSR count). The third-order valence-electron chi connectivity index (χ3n) is 0.634. The summed E-state index contributed by atoms with van der Waals surface area (Å²) in [6.07, 6.45) is -0.506. The van der Waals surface area contributed by atoms with E-state index in [9.17, 15) is 8.78 Å². The Morgan fingerprint density at radius 2 is 2.50 bits per heavy atom. The van der Waals surface area contributed by atoms with Gasteiger partial charge in [-0.05, 0) is 0 Å². The number of alkyl halides is 2. The van der Waals surface area contributed by atoms with E-state index in [0.29, 0.717) is 0 Å². The van der Waals surface area contributed by atoms with Crippen molar-refractivity contribution < 1.29 is 13.3 Å². The van der Waals surface area contributed by atoms with Crippen molar-refractivity contribution in [2.24, 2.45) is 0 Å². The van der Waals surface area contributed by atoms with E-state index in [1.165, 1.54) is 0 Å². The second-order valence-corrected chi connectivity index (χ2v) is 1.17. The van der Waals surface area contributed by atoms with Crippen LogP contribution in [-0.2, 0) is 0 Å². The van der Waals surface area contributed by atoms with E-state index in [0.717, 1.165) is 6.07 Å². The van der Waals surface area contributed by atoms with Crippen LogP contribution in [0.25, 0.3) is 0 Å². The third-order valence-corrected chi connectivity index (χ3v) is 0.634. The average Bonchev–Trinajstić information content (AvgIpc) is 2.12. The van der Waals surface area contributed by atoms with Gasteiger partial charge < -0.3 is 4.52 Å². The molecule has 1 radical (unpaired) electrons. The molecule has 1 aromatic rings. The molecule has 8 heavy (non-hydrogen) atoms. The number of rotatable bonds is 1. The lowest BCUT2D eigenvalue weighted by Crippen LogP contribution is -1.79. The van der Waals surface area contributed by atoms with Crippen molar-refractivity contribution in [2.75, 3.05) is 0 Å². The minimum absolute atomic E-state index is 0.370. The van der Waals surface area contributed by atoms with Gasteiger partial charge in [0.1, 0.15) is 0 Å². The zero-order chi connectivity index (χ0) is 5.98. The first kappa shape index (κ1) is 5.21. The lowest BCUT2D eigenvalue weighted by molar-refractivity contribution is 0.140. The average molecular weight is 118 g/mol. The van der Waals surface area contributed by atoms with Crippen molar-refractivity contribution in [1.29, 1.82) is 0 Å². The molecular weight excluding hydrogens is 116 g/mol. The summed E-state index contributed by atoms with van der Waals surface area (Å²) in [4.78, 5) is 0. The van der Waals surface area contributed by atoms with Gasteiger partial charge in [0.2, 0.25) is 6.26 Å². The van der Waals surface area contributed by atoms with Crippen LogP contribution in [-0.4, -0.2) is 5.16 Å². The predicted octanol–water partition coefficient (Wildman–Crippen LogP) is 1.41. The lowest BCUT2D eigenvalue weighted by Gasteiger charge is -1.84. The molecule has 0 saturated heterocycles. The zero-order valence-corrected chi connectivity index (χ0v) is 3.77. The van der Waals surface area contributed by atoms with Gasteiger partial charge in [0.15, 0.2) is 5.69 Å². The summed E-state index contributed by atoms with van der Waals surface area (Å²) in [5.74, 6) is 0. The summed E-state index contributed by atoms with van der Waals surface area (Å²) in [5.41, 5.74) is -0.370. The molecular formula is C4H2F2NO. The molecule has 0 saturated carbocycles. The van der Waals surface area contributed by atoms with Gasteiger partial charge in [0.25, 0.3) is 6.43 Å². The molecule has 0 aliphatic rings. The third kappa shape index (κ3) is 0.828. The van der Waals surface area contributed by atoms with Crippen molar-refractivity contribution in [3.05, 3.63) is 18.0 Å². The molecule has 0 fully saturated rings. The van der Waals surface area contributed by atoms with Crippen molar-refractivity contribution in [2.45, 2.75) is 6.43 Å². The van der Waals surface area contributed by atoms with Gasteiger partial charge in [-0.25, -0.2) is 8.78 Å². The maximum absolute atomic E-state index is 11.5. The molecule has 1 heterocycles. The molecule has 0 aliphatic carbocycles. The van der Waals surface area contributed by atoms with E-state index in [-0.39, 0.29) is 5.69 Å². The smallest absolute Gasteiger partial charge is 0.283 e. The van der Waals surface area contributed by atoms with E-state index in [1.54, 1.807) is 0 Å². The van der Waals surface area contributed by atoms with Crippen molar-refractivity contribution in [1.82, 2.24) is 5.16 Å². The topological polar surface area (TPSA) is 26.0 Å². The minimum Gasteiger partial charge on any atom is -0.352 e. The molecule has 0 atom stereocenters. The highest BCUT2D eigenvalue weighted by Crippen LogP contribution is 2.14. The Kier molecular flexibility index (Phi) is 1.24. The molecule has 0 unspecified atom stereocenters. The number of aromatic nitrogens is 1. The highest BCUT2D eigenvalue weighted by molar-refractivity contribution is 4.94. The number of hydrogen-bond donors (Lipinski definition) is 0. The van der Waals surface area contributed by atoms with Crippen LogP contribution in [0.15, 0.2) is 10.6 Å². The largest absolute Gasteiger partial charge is 0.352 e. The van der Waals surface area contributed by atoms with Crippen LogP contribution >= 0.6 is 0 Å². The van der Waals surface area contributed by atoms with Gasteiger partial charge in [-0.1, -0.05) is 5.16 Å². The molecule has 0 N–H and O–H groups in total. The van der Waals surface area contributed by atoms with Gasteiger partial charge in [-0.2, -0.15) is 0 Å². The number of halogens is 2. The van der Waals surface area contributed by atoms with Crippen molar-refractivity contribution in [3.8, 4) is 0 Å². The summed E-state index contributed by atoms with van der Waals surface area (Å²) in [5, 5.41) is 2.94. The quantitative estimate of drug-likeness (QED) is 0.557. The minimum atomic E-state index is -2.55. The zero-order valence-electron chi connectivity index (χ0n) is 3.77. The second-order valence-electron chi connectivity index (χ2n) is 1.17. The van der Waals surface area contributed by atoms with Gasteiger partial charge >= 0.3 is 0 Å². The second kappa shape index (κ2) is 1.90. The van der Waals surface area contributed by atoms with Gasteiger partial charge in [-0.15, -0.1) is 0 Å². The molecule has 0 amide bonds. The fourth-order valence-electron chi connectivity index (χ4n) is 0.295. The van der Waals surface area contributed by atoms with Crippen LogP contribution in [0.5, 0.6) is 0 Å². The first-order chi connectivity index (χ1) is 3.80. The first-order valence-corrected chi connectivity index (χ1v) is 1.91. The van der Waals surface area contributed by atoms with Gasteiger partial charge in [0, 0.05) is 6.07 Å². The normalized spacial score (nSPS) is 10.4. The Bertz CT molecular complexity index is 149. The van der Waals surface area contributed by atoms with Crippen LogP contribution in [0.1, 0.15) is 12.1 Å². The van der Waals surface area contributed by atoms with E-state index in [4.69, 9.17) is 0 Å². The SMILES string of the molecule is FC(F)c1c[c]on1. The van der Waals surface area contributed by atoms with Crippen LogP contribution < -0.4 is 0 Å². The fraction of sp³-hybridized carbons (Fsp3) is 0.250. The number of nitrogens with zero attached hydrogens (tertiary/aromatic N) is 1. The lowest BCUT2D eigenvalue weighted by atomic mass is 10.5. The predicted molar refractivity (Wildman–Crippen MR) is 20.3 cm³/mol. The molecule has 4 heteroatoms. The molecule has 0 aliphatic heterocycles.